The lowest BCUT2D eigenvalue weighted by molar-refractivity contribution is 0.00932. The van der Waals surface area contributed by atoms with Crippen molar-refractivity contribution in [3.05, 3.63) is 28.2 Å². The summed E-state index contributed by atoms with van der Waals surface area (Å²) < 4.78 is 32.8. The van der Waals surface area contributed by atoms with Crippen LogP contribution in [0.2, 0.25) is 10.0 Å². The largest absolute Gasteiger partial charge is 0.390 e. The molecule has 9 nitrogen and oxygen atoms in total. The van der Waals surface area contributed by atoms with Crippen LogP contribution in [0.1, 0.15) is 26.7 Å². The molecule has 0 aromatic heterocycles. The van der Waals surface area contributed by atoms with Gasteiger partial charge in [0, 0.05) is 50.3 Å². The molecule has 188 valence electrons. The van der Waals surface area contributed by atoms with Crippen LogP contribution in [0.25, 0.3) is 0 Å². The Morgan fingerprint density at radius 1 is 1.24 bits per heavy atom. The van der Waals surface area contributed by atoms with Crippen LogP contribution in [0.15, 0.2) is 23.1 Å². The van der Waals surface area contributed by atoms with E-state index in [9.17, 15) is 18.3 Å². The number of rotatable bonds is 12. The van der Waals surface area contributed by atoms with Gasteiger partial charge in [-0.05, 0) is 44.9 Å². The Hall–Kier alpha value is -1.14. The van der Waals surface area contributed by atoms with Crippen LogP contribution in [-0.2, 0) is 14.8 Å². The third-order valence-electron chi connectivity index (χ3n) is 5.03. The zero-order valence-electron chi connectivity index (χ0n) is 19.1. The van der Waals surface area contributed by atoms with Crippen molar-refractivity contribution in [3.8, 4) is 0 Å². The summed E-state index contributed by atoms with van der Waals surface area (Å²) in [7, 11) is -3.77. The lowest BCUT2D eigenvalue weighted by atomic mass is 10.2. The van der Waals surface area contributed by atoms with Crippen molar-refractivity contribution in [1.29, 1.82) is 0 Å². The van der Waals surface area contributed by atoms with E-state index in [-0.39, 0.29) is 35.1 Å². The second-order valence-electron chi connectivity index (χ2n) is 8.30. The second kappa shape index (κ2) is 13.7. The molecule has 0 radical (unpaired) electrons. The molecule has 0 unspecified atom stereocenters. The summed E-state index contributed by atoms with van der Waals surface area (Å²) in [5.41, 5.74) is 0. The van der Waals surface area contributed by atoms with Crippen molar-refractivity contribution < 1.29 is 23.1 Å². The zero-order chi connectivity index (χ0) is 24.4. The maximum atomic E-state index is 12.6. The minimum Gasteiger partial charge on any atom is -0.390 e. The van der Waals surface area contributed by atoms with E-state index in [4.69, 9.17) is 27.9 Å². The van der Waals surface area contributed by atoms with Crippen molar-refractivity contribution in [1.82, 2.24) is 19.8 Å². The molecule has 1 heterocycles. The molecule has 2 rings (SSSR count). The molecule has 1 atom stereocenters. The van der Waals surface area contributed by atoms with E-state index in [1.54, 1.807) is 4.90 Å². The number of aliphatic hydroxyl groups is 1. The smallest absolute Gasteiger partial charge is 0.317 e. The molecule has 12 heteroatoms. The van der Waals surface area contributed by atoms with Crippen LogP contribution in [0, 0.1) is 0 Å². The highest BCUT2D eigenvalue weighted by Crippen LogP contribution is 2.24. The maximum Gasteiger partial charge on any atom is 0.317 e. The summed E-state index contributed by atoms with van der Waals surface area (Å²) in [4.78, 5) is 16.3. The molecule has 0 bridgehead atoms. The number of hydrogen-bond donors (Lipinski definition) is 3. The van der Waals surface area contributed by atoms with Gasteiger partial charge in [-0.2, -0.15) is 0 Å². The van der Waals surface area contributed by atoms with E-state index >= 15 is 0 Å². The van der Waals surface area contributed by atoms with Gasteiger partial charge in [0.15, 0.2) is 0 Å². The van der Waals surface area contributed by atoms with Crippen molar-refractivity contribution in [3.63, 3.8) is 0 Å². The summed E-state index contributed by atoms with van der Waals surface area (Å²) in [5.74, 6) is 0. The fourth-order valence-electron chi connectivity index (χ4n) is 3.41. The minimum atomic E-state index is -3.77. The van der Waals surface area contributed by atoms with Crippen LogP contribution in [-0.4, -0.2) is 94.0 Å². The van der Waals surface area contributed by atoms with Crippen molar-refractivity contribution in [2.75, 3.05) is 52.5 Å². The van der Waals surface area contributed by atoms with Gasteiger partial charge in [-0.25, -0.2) is 17.9 Å². The molecule has 0 saturated carbocycles. The maximum absolute atomic E-state index is 12.6. The van der Waals surface area contributed by atoms with Gasteiger partial charge in [-0.3, -0.25) is 4.90 Å². The average molecular weight is 525 g/mol. The summed E-state index contributed by atoms with van der Waals surface area (Å²) in [6.45, 7) is 7.79. The lowest BCUT2D eigenvalue weighted by Gasteiger charge is -2.31. The van der Waals surface area contributed by atoms with E-state index in [0.29, 0.717) is 44.2 Å². The molecule has 1 aromatic rings. The van der Waals surface area contributed by atoms with Gasteiger partial charge in [0.1, 0.15) is 4.90 Å². The lowest BCUT2D eigenvalue weighted by Crippen LogP contribution is -2.49. The fourth-order valence-corrected chi connectivity index (χ4v) is 5.26. The van der Waals surface area contributed by atoms with Gasteiger partial charge in [-0.15, -0.1) is 0 Å². The highest BCUT2D eigenvalue weighted by Gasteiger charge is 2.21. The van der Waals surface area contributed by atoms with Gasteiger partial charge in [0.2, 0.25) is 10.0 Å². The molecule has 0 spiro atoms. The monoisotopic (exact) mass is 524 g/mol. The first-order valence-corrected chi connectivity index (χ1v) is 13.3. The molecule has 1 aliphatic rings. The van der Waals surface area contributed by atoms with Crippen molar-refractivity contribution in [2.24, 2.45) is 0 Å². The van der Waals surface area contributed by atoms with Crippen molar-refractivity contribution in [2.45, 2.75) is 43.7 Å². The van der Waals surface area contributed by atoms with Crippen LogP contribution >= 0.6 is 23.2 Å². The number of urea groups is 1. The summed E-state index contributed by atoms with van der Waals surface area (Å²) in [6, 6.07) is 3.92. The molecular weight excluding hydrogens is 491 g/mol. The SMILES string of the molecule is CC(C)NC(=O)N(CCCCNS(=O)(=O)c1ccc(Cl)cc1Cl)C[C@H](O)CN1CCOCC1. The molecule has 2 amide bonds. The van der Waals surface area contributed by atoms with Crippen LogP contribution in [0.5, 0.6) is 0 Å². The van der Waals surface area contributed by atoms with Crippen LogP contribution in [0.3, 0.4) is 0 Å². The van der Waals surface area contributed by atoms with E-state index in [1.165, 1.54) is 18.2 Å². The Balaban J connectivity index is 1.84. The molecular formula is C21H34Cl2N4O5S. The Bertz CT molecular complexity index is 866. The van der Waals surface area contributed by atoms with Crippen molar-refractivity contribution >= 4 is 39.3 Å². The number of carbonyl (C=O) groups excluding carboxylic acids is 1. The van der Waals surface area contributed by atoms with E-state index in [1.807, 2.05) is 13.8 Å². The predicted molar refractivity (Wildman–Crippen MR) is 129 cm³/mol. The summed E-state index contributed by atoms with van der Waals surface area (Å²) in [6.07, 6.45) is 0.383. The van der Waals surface area contributed by atoms with Gasteiger partial charge in [0.25, 0.3) is 0 Å². The van der Waals surface area contributed by atoms with E-state index in [0.717, 1.165) is 13.1 Å². The first kappa shape index (κ1) is 28.1. The number of ether oxygens (including phenoxy) is 1. The number of β-amino-alcohol motifs (C(OH)–C–C–N with tert-alkyl or cyclic N) is 1. The number of amides is 2. The van der Waals surface area contributed by atoms with Gasteiger partial charge in [0.05, 0.1) is 24.3 Å². The number of halogens is 2. The standard InChI is InChI=1S/C21H34Cl2N4O5S/c1-16(2)25-21(29)27(15-18(28)14-26-9-11-32-12-10-26)8-4-3-7-24-33(30,31)20-6-5-17(22)13-19(20)23/h5-6,13,16,18,24,28H,3-4,7-12,14-15H2,1-2H3,(H,25,29)/t18-/m1/s1. The number of sulfonamides is 1. The van der Waals surface area contributed by atoms with Gasteiger partial charge < -0.3 is 20.1 Å². The number of nitrogens with zero attached hydrogens (tertiary/aromatic N) is 2. The normalized spacial score (nSPS) is 16.1. The zero-order valence-corrected chi connectivity index (χ0v) is 21.4. The number of benzene rings is 1. The Morgan fingerprint density at radius 2 is 1.94 bits per heavy atom. The first-order valence-electron chi connectivity index (χ1n) is 11.1. The summed E-state index contributed by atoms with van der Waals surface area (Å²) >= 11 is 11.8. The van der Waals surface area contributed by atoms with Gasteiger partial charge in [-0.1, -0.05) is 23.2 Å². The summed E-state index contributed by atoms with van der Waals surface area (Å²) in [5, 5.41) is 13.8. The van der Waals surface area contributed by atoms with Gasteiger partial charge >= 0.3 is 6.03 Å². The minimum absolute atomic E-state index is 0.0299. The third-order valence-corrected chi connectivity index (χ3v) is 7.21. The molecule has 1 aliphatic heterocycles. The molecule has 3 N–H and O–H groups in total. The predicted octanol–water partition coefficient (Wildman–Crippen LogP) is 2.17. The fraction of sp³-hybridized carbons (Fsp3) is 0.667. The molecule has 1 fully saturated rings. The quantitative estimate of drug-likeness (QED) is 0.361. The Morgan fingerprint density at radius 3 is 2.58 bits per heavy atom. The number of unbranched alkanes of at least 4 members (excludes halogenated alkanes) is 1. The highest BCUT2D eigenvalue weighted by atomic mass is 35.5. The molecule has 33 heavy (non-hydrogen) atoms. The van der Waals surface area contributed by atoms with Crippen LogP contribution in [0.4, 0.5) is 4.79 Å². The topological polar surface area (TPSA) is 111 Å². The van der Waals surface area contributed by atoms with E-state index < -0.39 is 16.1 Å². The molecule has 1 saturated heterocycles. The number of aliphatic hydroxyl groups excluding tert-OH is 1. The second-order valence-corrected chi connectivity index (χ2v) is 10.9. The highest BCUT2D eigenvalue weighted by molar-refractivity contribution is 7.89. The number of hydrogen-bond acceptors (Lipinski definition) is 6. The Labute approximate surface area is 206 Å². The molecule has 1 aromatic carbocycles. The number of carbonyl (C=O) groups is 1. The third kappa shape index (κ3) is 9.94. The Kier molecular flexibility index (Phi) is 11.6. The molecule has 0 aliphatic carbocycles. The van der Waals surface area contributed by atoms with Crippen LogP contribution < -0.4 is 10.0 Å². The van der Waals surface area contributed by atoms with E-state index in [2.05, 4.69) is 14.9 Å². The first-order chi connectivity index (χ1) is 15.6. The number of nitrogens with one attached hydrogen (secondary N) is 2. The average Bonchev–Trinajstić information content (AvgIpc) is 2.72. The number of morpholine rings is 1.